The number of carbonyl (C=O) groups is 2. The number of aliphatic hydroxyl groups excluding tert-OH is 1. The highest BCUT2D eigenvalue weighted by molar-refractivity contribution is 6.30. The highest BCUT2D eigenvalue weighted by atomic mass is 16.5. The number of hydrogen-bond acceptors (Lipinski definition) is 6. The van der Waals surface area contributed by atoms with Gasteiger partial charge in [0.25, 0.3) is 0 Å². The number of fused-ring (bicyclic) bond motifs is 3. The first-order chi connectivity index (χ1) is 14.5. The Morgan fingerprint density at radius 1 is 0.833 bits per heavy atom. The summed E-state index contributed by atoms with van der Waals surface area (Å²) in [6.45, 7) is 0. The minimum Gasteiger partial charge on any atom is -0.507 e. The van der Waals surface area contributed by atoms with Crippen molar-refractivity contribution in [3.8, 4) is 17.2 Å². The Morgan fingerprint density at radius 2 is 1.37 bits per heavy atom. The van der Waals surface area contributed by atoms with Crippen LogP contribution in [-0.4, -0.2) is 34.0 Å². The number of ketones is 2. The van der Waals surface area contributed by atoms with E-state index in [0.717, 1.165) is 0 Å². The van der Waals surface area contributed by atoms with Crippen LogP contribution in [0.3, 0.4) is 0 Å². The lowest BCUT2D eigenvalue weighted by atomic mass is 9.79. The Balaban J connectivity index is 1.81. The SMILES string of the molecule is COc1ccccc1C1CC(O)c2c(O)c3c(c(O)c21)C(=O)c1ccccc1C3=O. The van der Waals surface area contributed by atoms with Crippen LogP contribution in [0.5, 0.6) is 17.2 Å². The molecule has 0 saturated carbocycles. The van der Waals surface area contributed by atoms with Gasteiger partial charge in [-0.1, -0.05) is 42.5 Å². The van der Waals surface area contributed by atoms with Crippen molar-refractivity contribution < 1.29 is 29.6 Å². The molecule has 150 valence electrons. The zero-order valence-electron chi connectivity index (χ0n) is 16.0. The molecule has 0 saturated heterocycles. The molecule has 6 nitrogen and oxygen atoms in total. The van der Waals surface area contributed by atoms with Crippen molar-refractivity contribution in [1.29, 1.82) is 0 Å². The Morgan fingerprint density at radius 3 is 1.97 bits per heavy atom. The summed E-state index contributed by atoms with van der Waals surface area (Å²) in [4.78, 5) is 26.2. The maximum atomic E-state index is 13.2. The number of methoxy groups -OCH3 is 1. The van der Waals surface area contributed by atoms with Gasteiger partial charge in [0.05, 0.1) is 24.3 Å². The van der Waals surface area contributed by atoms with Gasteiger partial charge in [0.2, 0.25) is 0 Å². The van der Waals surface area contributed by atoms with Crippen LogP contribution in [0.15, 0.2) is 48.5 Å². The van der Waals surface area contributed by atoms with Crippen LogP contribution < -0.4 is 4.74 Å². The summed E-state index contributed by atoms with van der Waals surface area (Å²) in [5, 5.41) is 32.9. The van der Waals surface area contributed by atoms with E-state index < -0.39 is 29.3 Å². The molecule has 0 heterocycles. The summed E-state index contributed by atoms with van der Waals surface area (Å²) in [5.41, 5.74) is 0.919. The van der Waals surface area contributed by atoms with Gasteiger partial charge in [0.15, 0.2) is 11.6 Å². The van der Waals surface area contributed by atoms with E-state index in [1.54, 1.807) is 24.3 Å². The second-order valence-corrected chi connectivity index (χ2v) is 7.52. The van der Waals surface area contributed by atoms with Crippen molar-refractivity contribution in [3.05, 3.63) is 87.5 Å². The molecule has 3 N–H and O–H groups in total. The number of benzene rings is 3. The summed E-state index contributed by atoms with van der Waals surface area (Å²) in [7, 11) is 1.52. The van der Waals surface area contributed by atoms with Crippen LogP contribution in [0.1, 0.15) is 67.0 Å². The third kappa shape index (κ3) is 2.28. The van der Waals surface area contributed by atoms with Crippen LogP contribution in [-0.2, 0) is 0 Å². The number of aromatic hydroxyl groups is 2. The van der Waals surface area contributed by atoms with E-state index in [0.29, 0.717) is 11.3 Å². The van der Waals surface area contributed by atoms with Gasteiger partial charge in [-0.05, 0) is 12.5 Å². The zero-order valence-corrected chi connectivity index (χ0v) is 16.0. The number of para-hydroxylation sites is 1. The molecule has 3 aromatic rings. The van der Waals surface area contributed by atoms with E-state index in [4.69, 9.17) is 4.74 Å². The lowest BCUT2D eigenvalue weighted by Gasteiger charge is -2.24. The van der Waals surface area contributed by atoms with E-state index in [2.05, 4.69) is 0 Å². The zero-order chi connectivity index (χ0) is 21.2. The minimum absolute atomic E-state index is 0.0858. The Hall–Kier alpha value is -3.64. The van der Waals surface area contributed by atoms with E-state index in [-0.39, 0.29) is 45.6 Å². The average Bonchev–Trinajstić information content (AvgIpc) is 3.12. The van der Waals surface area contributed by atoms with Crippen LogP contribution in [0.25, 0.3) is 0 Å². The molecule has 0 spiro atoms. The van der Waals surface area contributed by atoms with Gasteiger partial charge < -0.3 is 20.1 Å². The molecule has 3 aromatic carbocycles. The molecule has 0 amide bonds. The molecule has 5 rings (SSSR count). The maximum absolute atomic E-state index is 13.2. The molecule has 2 unspecified atom stereocenters. The monoisotopic (exact) mass is 402 g/mol. The maximum Gasteiger partial charge on any atom is 0.198 e. The van der Waals surface area contributed by atoms with Crippen LogP contribution in [0.4, 0.5) is 0 Å². The Labute approximate surface area is 172 Å². The van der Waals surface area contributed by atoms with Gasteiger partial charge in [-0.3, -0.25) is 9.59 Å². The number of phenolic OH excluding ortho intramolecular Hbond substituents is 2. The van der Waals surface area contributed by atoms with E-state index >= 15 is 0 Å². The number of phenols is 2. The first-order valence-electron chi connectivity index (χ1n) is 9.56. The van der Waals surface area contributed by atoms with Gasteiger partial charge in [-0.25, -0.2) is 0 Å². The summed E-state index contributed by atoms with van der Waals surface area (Å²) < 4.78 is 5.43. The van der Waals surface area contributed by atoms with Gasteiger partial charge >= 0.3 is 0 Å². The summed E-state index contributed by atoms with van der Waals surface area (Å²) in [6, 6.07) is 13.5. The molecular weight excluding hydrogens is 384 g/mol. The number of rotatable bonds is 2. The smallest absolute Gasteiger partial charge is 0.198 e. The quantitative estimate of drug-likeness (QED) is 0.444. The average molecular weight is 402 g/mol. The van der Waals surface area contributed by atoms with Gasteiger partial charge in [-0.15, -0.1) is 0 Å². The fraction of sp³-hybridized carbons (Fsp3) is 0.167. The van der Waals surface area contributed by atoms with Crippen molar-refractivity contribution in [2.45, 2.75) is 18.4 Å². The predicted octanol–water partition coefficient (Wildman–Crippen LogP) is 3.45. The minimum atomic E-state index is -1.11. The van der Waals surface area contributed by atoms with Gasteiger partial charge in [-0.2, -0.15) is 0 Å². The normalized spacial score (nSPS) is 19.3. The first kappa shape index (κ1) is 18.4. The highest BCUT2D eigenvalue weighted by Crippen LogP contribution is 2.56. The topological polar surface area (TPSA) is 104 Å². The van der Waals surface area contributed by atoms with E-state index in [9.17, 15) is 24.9 Å². The number of hydrogen-bond donors (Lipinski definition) is 3. The van der Waals surface area contributed by atoms with Crippen LogP contribution in [0, 0.1) is 0 Å². The molecule has 0 aliphatic heterocycles. The largest absolute Gasteiger partial charge is 0.507 e. The summed E-state index contributed by atoms with van der Waals surface area (Å²) in [5.74, 6) is -1.86. The molecular formula is C24H18O6. The molecule has 0 bridgehead atoms. The molecule has 30 heavy (non-hydrogen) atoms. The van der Waals surface area contributed by atoms with Crippen molar-refractivity contribution in [1.82, 2.24) is 0 Å². The third-order valence-corrected chi connectivity index (χ3v) is 6.05. The van der Waals surface area contributed by atoms with Crippen molar-refractivity contribution in [2.24, 2.45) is 0 Å². The van der Waals surface area contributed by atoms with Crippen molar-refractivity contribution >= 4 is 11.6 Å². The predicted molar refractivity (Wildman–Crippen MR) is 107 cm³/mol. The Bertz CT molecular complexity index is 1240. The van der Waals surface area contributed by atoms with Crippen LogP contribution in [0.2, 0.25) is 0 Å². The Kier molecular flexibility index (Phi) is 3.95. The standard InChI is InChI=1S/C24H18O6/c1-30-16-9-5-4-6-11(16)14-10-15(25)18-17(14)23(28)19-20(24(18)29)22(27)13-8-3-2-7-12(13)21(19)26/h2-9,14-15,25,28-29H,10H2,1H3. The van der Waals surface area contributed by atoms with Gasteiger partial charge in [0.1, 0.15) is 17.2 Å². The first-order valence-corrected chi connectivity index (χ1v) is 9.56. The van der Waals surface area contributed by atoms with Crippen molar-refractivity contribution in [3.63, 3.8) is 0 Å². The molecule has 6 heteroatoms. The second kappa shape index (κ2) is 6.43. The summed E-state index contributed by atoms with van der Waals surface area (Å²) >= 11 is 0. The lowest BCUT2D eigenvalue weighted by Crippen LogP contribution is -2.22. The molecule has 0 radical (unpaired) electrons. The molecule has 2 aliphatic rings. The van der Waals surface area contributed by atoms with E-state index in [1.165, 1.54) is 19.2 Å². The van der Waals surface area contributed by atoms with Gasteiger partial charge in [0, 0.05) is 33.7 Å². The fourth-order valence-corrected chi connectivity index (χ4v) is 4.74. The number of carbonyl (C=O) groups excluding carboxylic acids is 2. The lowest BCUT2D eigenvalue weighted by molar-refractivity contribution is 0.0973. The van der Waals surface area contributed by atoms with Crippen LogP contribution >= 0.6 is 0 Å². The summed E-state index contributed by atoms with van der Waals surface area (Å²) in [6.07, 6.45) is -0.930. The molecule has 0 aromatic heterocycles. The number of aliphatic hydroxyl groups is 1. The molecule has 2 atom stereocenters. The molecule has 2 aliphatic carbocycles. The number of ether oxygens (including phenoxy) is 1. The molecule has 0 fully saturated rings. The second-order valence-electron chi connectivity index (χ2n) is 7.52. The van der Waals surface area contributed by atoms with Crippen molar-refractivity contribution in [2.75, 3.05) is 7.11 Å². The third-order valence-electron chi connectivity index (χ3n) is 6.05. The highest BCUT2D eigenvalue weighted by Gasteiger charge is 2.44. The fourth-order valence-electron chi connectivity index (χ4n) is 4.74. The van der Waals surface area contributed by atoms with E-state index in [1.807, 2.05) is 12.1 Å².